The topological polar surface area (TPSA) is 96.2 Å². The fourth-order valence-corrected chi connectivity index (χ4v) is 6.20. The standard InChI is InChI=1S/C36H36N2O6S/c1-6-8-29-31(35(41)43-7-2)32(25-13-11-24(12-14-25)22(3)4)38-33(39)30(45-36(38)37-29)21-23-9-17-28(18-10-23)44-34(40)26-15-19-27(42-5)20-16-26/h9-22,32H,6-8H2,1-5H3/b30-21-/t32-/m1/s1. The number of nitrogens with zero attached hydrogens (tertiary/aromatic N) is 2. The fourth-order valence-electron chi connectivity index (χ4n) is 5.18. The summed E-state index contributed by atoms with van der Waals surface area (Å²) in [6.45, 7) is 8.27. The highest BCUT2D eigenvalue weighted by Crippen LogP contribution is 2.33. The zero-order valence-corrected chi connectivity index (χ0v) is 26.9. The van der Waals surface area contributed by atoms with Gasteiger partial charge in [0.05, 0.1) is 41.1 Å². The zero-order valence-electron chi connectivity index (χ0n) is 26.0. The smallest absolute Gasteiger partial charge is 0.343 e. The van der Waals surface area contributed by atoms with Crippen molar-refractivity contribution in [2.24, 2.45) is 4.99 Å². The summed E-state index contributed by atoms with van der Waals surface area (Å²) in [5.41, 5.74) is 3.94. The van der Waals surface area contributed by atoms with Gasteiger partial charge in [0.2, 0.25) is 0 Å². The molecular formula is C36H36N2O6S. The molecule has 5 rings (SSSR count). The normalized spacial score (nSPS) is 14.6. The van der Waals surface area contributed by atoms with Gasteiger partial charge in [0, 0.05) is 0 Å². The van der Waals surface area contributed by atoms with E-state index in [0.29, 0.717) is 50.0 Å². The van der Waals surface area contributed by atoms with Gasteiger partial charge in [0.1, 0.15) is 11.5 Å². The summed E-state index contributed by atoms with van der Waals surface area (Å²) in [5.74, 6) is 0.420. The van der Waals surface area contributed by atoms with Crippen LogP contribution in [0, 0.1) is 0 Å². The minimum absolute atomic E-state index is 0.219. The molecular weight excluding hydrogens is 588 g/mol. The minimum atomic E-state index is -0.662. The Bertz CT molecular complexity index is 1900. The summed E-state index contributed by atoms with van der Waals surface area (Å²) in [7, 11) is 1.56. The van der Waals surface area contributed by atoms with Gasteiger partial charge in [-0.2, -0.15) is 0 Å². The van der Waals surface area contributed by atoms with E-state index in [1.54, 1.807) is 73.2 Å². The highest BCUT2D eigenvalue weighted by atomic mass is 32.1. The Balaban J connectivity index is 1.52. The molecule has 0 bridgehead atoms. The summed E-state index contributed by atoms with van der Waals surface area (Å²) < 4.78 is 18.2. The number of ether oxygens (including phenoxy) is 3. The van der Waals surface area contributed by atoms with E-state index >= 15 is 0 Å². The lowest BCUT2D eigenvalue weighted by atomic mass is 9.92. The van der Waals surface area contributed by atoms with E-state index in [2.05, 4.69) is 13.8 Å². The number of hydrogen-bond acceptors (Lipinski definition) is 8. The number of benzene rings is 3. The average Bonchev–Trinajstić information content (AvgIpc) is 3.35. The van der Waals surface area contributed by atoms with Crippen LogP contribution in [0.4, 0.5) is 0 Å². The van der Waals surface area contributed by atoms with Crippen LogP contribution >= 0.6 is 11.3 Å². The molecule has 1 aliphatic heterocycles. The van der Waals surface area contributed by atoms with Gasteiger partial charge in [-0.1, -0.05) is 74.9 Å². The number of thiazole rings is 1. The first-order chi connectivity index (χ1) is 21.7. The van der Waals surface area contributed by atoms with E-state index < -0.39 is 18.0 Å². The van der Waals surface area contributed by atoms with Gasteiger partial charge in [-0.15, -0.1) is 0 Å². The largest absolute Gasteiger partial charge is 0.497 e. The van der Waals surface area contributed by atoms with Crippen molar-refractivity contribution in [2.75, 3.05) is 13.7 Å². The highest BCUT2D eigenvalue weighted by molar-refractivity contribution is 7.07. The predicted octanol–water partition coefficient (Wildman–Crippen LogP) is 5.93. The van der Waals surface area contributed by atoms with Crippen LogP contribution in [0.15, 0.2) is 93.9 Å². The molecule has 1 aliphatic rings. The van der Waals surface area contributed by atoms with Crippen LogP contribution in [0.2, 0.25) is 0 Å². The lowest BCUT2D eigenvalue weighted by Crippen LogP contribution is -2.40. The maximum Gasteiger partial charge on any atom is 0.343 e. The second-order valence-corrected chi connectivity index (χ2v) is 11.9. The highest BCUT2D eigenvalue weighted by Gasteiger charge is 2.34. The second-order valence-electron chi connectivity index (χ2n) is 10.9. The molecule has 1 atom stereocenters. The number of hydrogen-bond donors (Lipinski definition) is 0. The Labute approximate surface area is 265 Å². The van der Waals surface area contributed by atoms with Crippen LogP contribution in [-0.2, 0) is 9.53 Å². The van der Waals surface area contributed by atoms with Gasteiger partial charge in [-0.05, 0) is 78.4 Å². The van der Waals surface area contributed by atoms with Crippen molar-refractivity contribution in [3.8, 4) is 11.5 Å². The molecule has 45 heavy (non-hydrogen) atoms. The Hall–Kier alpha value is -4.76. The van der Waals surface area contributed by atoms with Gasteiger partial charge < -0.3 is 14.2 Å². The van der Waals surface area contributed by atoms with Crippen LogP contribution in [0.1, 0.15) is 79.5 Å². The summed E-state index contributed by atoms with van der Waals surface area (Å²) in [6, 6.07) is 21.0. The maximum absolute atomic E-state index is 14.0. The van der Waals surface area contributed by atoms with Crippen LogP contribution in [0.3, 0.4) is 0 Å². The molecule has 0 amide bonds. The zero-order chi connectivity index (χ0) is 32.1. The molecule has 232 valence electrons. The van der Waals surface area contributed by atoms with Crippen LogP contribution in [0.25, 0.3) is 6.08 Å². The number of rotatable bonds is 10. The number of esters is 2. The Morgan fingerprint density at radius 3 is 2.20 bits per heavy atom. The quantitative estimate of drug-likeness (QED) is 0.160. The van der Waals surface area contributed by atoms with Crippen molar-refractivity contribution in [1.29, 1.82) is 0 Å². The molecule has 0 fully saturated rings. The SMILES string of the molecule is CCCC1=C(C(=O)OCC)[C@@H](c2ccc(C(C)C)cc2)n2c(s/c(=C\c3ccc(OC(=O)c4ccc(OC)cc4)cc3)c2=O)=N1. The molecule has 0 saturated heterocycles. The van der Waals surface area contributed by atoms with Gasteiger partial charge in [0.15, 0.2) is 4.80 Å². The van der Waals surface area contributed by atoms with E-state index in [1.165, 1.54) is 16.9 Å². The fraction of sp³-hybridized carbons (Fsp3) is 0.278. The molecule has 0 N–H and O–H groups in total. The third-order valence-electron chi connectivity index (χ3n) is 7.53. The van der Waals surface area contributed by atoms with E-state index in [4.69, 9.17) is 19.2 Å². The maximum atomic E-state index is 14.0. The monoisotopic (exact) mass is 624 g/mol. The summed E-state index contributed by atoms with van der Waals surface area (Å²) in [5, 5.41) is 0. The van der Waals surface area contributed by atoms with E-state index in [1.807, 2.05) is 31.2 Å². The molecule has 8 nitrogen and oxygen atoms in total. The molecule has 0 saturated carbocycles. The number of carbonyl (C=O) groups is 2. The number of carbonyl (C=O) groups excluding carboxylic acids is 2. The van der Waals surface area contributed by atoms with E-state index in [0.717, 1.165) is 17.5 Å². The van der Waals surface area contributed by atoms with Crippen LogP contribution < -0.4 is 24.4 Å². The van der Waals surface area contributed by atoms with Crippen molar-refractivity contribution >= 4 is 29.4 Å². The first kappa shape index (κ1) is 31.7. The number of fused-ring (bicyclic) bond motifs is 1. The molecule has 9 heteroatoms. The van der Waals surface area contributed by atoms with Gasteiger partial charge in [0.25, 0.3) is 5.56 Å². The summed E-state index contributed by atoms with van der Waals surface area (Å²) >= 11 is 1.28. The molecule has 0 radical (unpaired) electrons. The van der Waals surface area contributed by atoms with E-state index in [-0.39, 0.29) is 12.2 Å². The van der Waals surface area contributed by atoms with Crippen LogP contribution in [-0.4, -0.2) is 30.2 Å². The van der Waals surface area contributed by atoms with Gasteiger partial charge in [-0.3, -0.25) is 9.36 Å². The number of allylic oxidation sites excluding steroid dienone is 1. The second kappa shape index (κ2) is 13.9. The van der Waals surface area contributed by atoms with Gasteiger partial charge in [-0.25, -0.2) is 14.6 Å². The van der Waals surface area contributed by atoms with Crippen molar-refractivity contribution in [1.82, 2.24) is 4.57 Å². The number of methoxy groups -OCH3 is 1. The summed E-state index contributed by atoms with van der Waals surface area (Å²) in [6.07, 6.45) is 3.15. The van der Waals surface area contributed by atoms with Crippen molar-refractivity contribution in [3.05, 3.63) is 126 Å². The third-order valence-corrected chi connectivity index (χ3v) is 8.51. The molecule has 1 aromatic heterocycles. The number of aromatic nitrogens is 1. The Morgan fingerprint density at radius 2 is 1.60 bits per heavy atom. The molecule has 0 spiro atoms. The Kier molecular flexibility index (Phi) is 9.78. The van der Waals surface area contributed by atoms with Crippen molar-refractivity contribution < 1.29 is 23.8 Å². The first-order valence-corrected chi connectivity index (χ1v) is 15.8. The van der Waals surface area contributed by atoms with Crippen molar-refractivity contribution in [2.45, 2.75) is 52.5 Å². The first-order valence-electron chi connectivity index (χ1n) is 15.0. The summed E-state index contributed by atoms with van der Waals surface area (Å²) in [4.78, 5) is 45.3. The molecule has 3 aromatic carbocycles. The van der Waals surface area contributed by atoms with Gasteiger partial charge >= 0.3 is 11.9 Å². The average molecular weight is 625 g/mol. The molecule has 2 heterocycles. The lowest BCUT2D eigenvalue weighted by Gasteiger charge is -2.26. The van der Waals surface area contributed by atoms with E-state index in [9.17, 15) is 14.4 Å². The molecule has 0 aliphatic carbocycles. The minimum Gasteiger partial charge on any atom is -0.497 e. The van der Waals surface area contributed by atoms with Crippen LogP contribution in [0.5, 0.6) is 11.5 Å². The third kappa shape index (κ3) is 6.83. The Morgan fingerprint density at radius 1 is 0.933 bits per heavy atom. The molecule has 0 unspecified atom stereocenters. The van der Waals surface area contributed by atoms with Crippen molar-refractivity contribution in [3.63, 3.8) is 0 Å². The molecule has 4 aromatic rings. The predicted molar refractivity (Wildman–Crippen MR) is 175 cm³/mol. The lowest BCUT2D eigenvalue weighted by molar-refractivity contribution is -0.139.